The lowest BCUT2D eigenvalue weighted by Gasteiger charge is -2.37. The van der Waals surface area contributed by atoms with Crippen LogP contribution >= 0.6 is 0 Å². The molecule has 0 N–H and O–H groups in total. The van der Waals surface area contributed by atoms with E-state index in [1.54, 1.807) is 13.0 Å². The van der Waals surface area contributed by atoms with Crippen LogP contribution < -0.4 is 9.47 Å². The predicted molar refractivity (Wildman–Crippen MR) is 225 cm³/mol. The van der Waals surface area contributed by atoms with Crippen molar-refractivity contribution in [2.45, 2.75) is 144 Å². The van der Waals surface area contributed by atoms with E-state index in [0.717, 1.165) is 76.5 Å². The number of rotatable bonds is 7. The van der Waals surface area contributed by atoms with Crippen LogP contribution in [0.5, 0.6) is 11.5 Å². The molecule has 2 aromatic heterocycles. The van der Waals surface area contributed by atoms with Crippen molar-refractivity contribution < 1.29 is 18.5 Å². The van der Waals surface area contributed by atoms with Crippen LogP contribution in [0, 0.1) is 22.7 Å². The molecule has 0 saturated heterocycles. The van der Waals surface area contributed by atoms with E-state index in [-0.39, 0.29) is 10.5 Å². The van der Waals surface area contributed by atoms with Crippen LogP contribution in [-0.4, -0.2) is 42.6 Å². The van der Waals surface area contributed by atoms with Gasteiger partial charge in [0, 0.05) is 17.7 Å². The topological polar surface area (TPSA) is 90.7 Å². The number of ketones is 1. The molecule has 1 atom stereocenters. The maximum absolute atomic E-state index is 12.3. The minimum atomic E-state index is -1.29. The summed E-state index contributed by atoms with van der Waals surface area (Å²) in [6.07, 6.45) is 10.1. The lowest BCUT2D eigenvalue weighted by Crippen LogP contribution is -2.30. The SMILES string of the molecule is CC(=NS(=O)C(C)(C)C)c1ccc2cc(OC3CCC(C(C)(C)C)CC3)ccc2n1.CC(=O)c1ccc2cc(OC3CCC(C(C)(C)C)CC3)ccc2n1. The van der Waals surface area contributed by atoms with Gasteiger partial charge in [0.15, 0.2) is 5.78 Å². The van der Waals surface area contributed by atoms with Gasteiger partial charge in [-0.2, -0.15) is 4.40 Å². The third kappa shape index (κ3) is 11.2. The van der Waals surface area contributed by atoms with Crippen molar-refractivity contribution in [2.75, 3.05) is 0 Å². The van der Waals surface area contributed by atoms with Gasteiger partial charge in [-0.25, -0.2) is 14.2 Å². The summed E-state index contributed by atoms with van der Waals surface area (Å²) in [6, 6.07) is 19.7. The number of fused-ring (bicyclic) bond motifs is 2. The number of carbonyl (C=O) groups is 1. The number of carbonyl (C=O) groups excluding carboxylic acids is 1. The first kappa shape index (κ1) is 41.5. The highest BCUT2D eigenvalue weighted by atomic mass is 32.2. The van der Waals surface area contributed by atoms with Crippen LogP contribution in [0.1, 0.15) is 144 Å². The van der Waals surface area contributed by atoms with Gasteiger partial charge in [0.25, 0.3) is 0 Å². The molecule has 292 valence electrons. The summed E-state index contributed by atoms with van der Waals surface area (Å²) in [6.45, 7) is 23.2. The molecule has 2 saturated carbocycles. The fraction of sp³-hybridized carbons (Fsp3) is 0.565. The first-order valence-electron chi connectivity index (χ1n) is 19.9. The highest BCUT2D eigenvalue weighted by Crippen LogP contribution is 2.40. The average Bonchev–Trinajstić information content (AvgIpc) is 3.10. The summed E-state index contributed by atoms with van der Waals surface area (Å²) in [7, 11) is -1.29. The van der Waals surface area contributed by atoms with Crippen LogP contribution in [0.2, 0.25) is 0 Å². The standard InChI is InChI=1S/C25H36N2O2S.C21H27NO2/c1-17(27-30(28)25(5,6)7)22-14-8-18-16-21(13-15-23(18)26-22)29-20-11-9-19(10-12-20)24(2,3)4;1-14(23)19-11-5-15-13-18(10-12-20(15)22-19)24-17-8-6-16(7-9-17)21(2,3)4/h8,13-16,19-20H,9-12H2,1-7H3;5,10-13,16-17H,6-9H2,1-4H3. The molecule has 2 aromatic carbocycles. The maximum Gasteiger partial charge on any atom is 0.178 e. The second kappa shape index (κ2) is 17.0. The lowest BCUT2D eigenvalue weighted by atomic mass is 9.72. The maximum atomic E-state index is 12.3. The number of benzene rings is 2. The Balaban J connectivity index is 0.000000213. The van der Waals surface area contributed by atoms with Gasteiger partial charge in [-0.05, 0) is 150 Å². The molecular formula is C46H63N3O4S. The zero-order valence-electron chi connectivity index (χ0n) is 34.6. The quantitative estimate of drug-likeness (QED) is 0.138. The largest absolute Gasteiger partial charge is 0.490 e. The number of ether oxygens (including phenoxy) is 2. The first-order valence-corrected chi connectivity index (χ1v) is 21.0. The van der Waals surface area contributed by atoms with E-state index < -0.39 is 11.0 Å². The monoisotopic (exact) mass is 753 g/mol. The highest BCUT2D eigenvalue weighted by Gasteiger charge is 2.31. The highest BCUT2D eigenvalue weighted by molar-refractivity contribution is 7.85. The Morgan fingerprint density at radius 1 is 0.611 bits per heavy atom. The van der Waals surface area contributed by atoms with Gasteiger partial charge in [0.05, 0.1) is 39.4 Å². The Hall–Kier alpha value is -3.65. The molecule has 2 aliphatic rings. The Morgan fingerprint density at radius 3 is 1.41 bits per heavy atom. The summed E-state index contributed by atoms with van der Waals surface area (Å²) in [5.41, 5.74) is 4.48. The molecule has 2 aliphatic carbocycles. The van der Waals surface area contributed by atoms with Crippen molar-refractivity contribution in [1.82, 2.24) is 9.97 Å². The van der Waals surface area contributed by atoms with Crippen molar-refractivity contribution in [2.24, 2.45) is 27.1 Å². The molecule has 7 nitrogen and oxygen atoms in total. The molecule has 0 aliphatic heterocycles. The lowest BCUT2D eigenvalue weighted by molar-refractivity contribution is 0.0881. The molecule has 2 fully saturated rings. The van der Waals surface area contributed by atoms with Crippen LogP contribution in [0.15, 0.2) is 65.1 Å². The smallest absolute Gasteiger partial charge is 0.178 e. The third-order valence-electron chi connectivity index (χ3n) is 11.2. The molecule has 1 unspecified atom stereocenters. The van der Waals surface area contributed by atoms with E-state index in [2.05, 4.69) is 57.0 Å². The van der Waals surface area contributed by atoms with Crippen molar-refractivity contribution in [3.63, 3.8) is 0 Å². The molecule has 54 heavy (non-hydrogen) atoms. The predicted octanol–water partition coefficient (Wildman–Crippen LogP) is 11.9. The van der Waals surface area contributed by atoms with Crippen molar-refractivity contribution >= 4 is 44.3 Å². The van der Waals surface area contributed by atoms with Gasteiger partial charge >= 0.3 is 0 Å². The van der Waals surface area contributed by atoms with Crippen LogP contribution in [-0.2, 0) is 11.0 Å². The molecule has 0 spiro atoms. The Kier molecular flexibility index (Phi) is 13.1. The zero-order valence-corrected chi connectivity index (χ0v) is 35.4. The molecule has 6 rings (SSSR count). The molecule has 4 aromatic rings. The van der Waals surface area contributed by atoms with E-state index in [9.17, 15) is 9.00 Å². The summed E-state index contributed by atoms with van der Waals surface area (Å²) >= 11 is 0. The molecule has 0 bridgehead atoms. The summed E-state index contributed by atoms with van der Waals surface area (Å²) in [4.78, 5) is 20.5. The van der Waals surface area contributed by atoms with E-state index >= 15 is 0 Å². The normalized spacial score (nSPS) is 21.9. The summed E-state index contributed by atoms with van der Waals surface area (Å²) in [5.74, 6) is 3.39. The van der Waals surface area contributed by atoms with Crippen molar-refractivity contribution in [1.29, 1.82) is 0 Å². The van der Waals surface area contributed by atoms with E-state index in [1.165, 1.54) is 25.7 Å². The van der Waals surface area contributed by atoms with Gasteiger partial charge in [-0.15, -0.1) is 0 Å². The van der Waals surface area contributed by atoms with E-state index in [1.807, 2.05) is 76.2 Å². The van der Waals surface area contributed by atoms with Gasteiger partial charge in [-0.1, -0.05) is 53.7 Å². The van der Waals surface area contributed by atoms with Crippen molar-refractivity contribution in [3.05, 3.63) is 72.1 Å². The zero-order chi connectivity index (χ0) is 39.4. The molecule has 2 heterocycles. The Labute approximate surface area is 326 Å². The van der Waals surface area contributed by atoms with Crippen LogP contribution in [0.25, 0.3) is 21.8 Å². The average molecular weight is 754 g/mol. The Morgan fingerprint density at radius 2 is 1.02 bits per heavy atom. The van der Waals surface area contributed by atoms with Gasteiger partial charge < -0.3 is 9.47 Å². The number of pyridine rings is 2. The van der Waals surface area contributed by atoms with Gasteiger partial charge in [0.2, 0.25) is 0 Å². The Bertz CT molecular complexity index is 1970. The van der Waals surface area contributed by atoms with E-state index in [0.29, 0.717) is 34.4 Å². The molecule has 0 radical (unpaired) electrons. The van der Waals surface area contributed by atoms with Crippen LogP contribution in [0.4, 0.5) is 0 Å². The van der Waals surface area contributed by atoms with Gasteiger partial charge in [-0.3, -0.25) is 4.79 Å². The fourth-order valence-corrected chi connectivity index (χ4v) is 8.15. The molecular weight excluding hydrogens is 691 g/mol. The number of hydrogen-bond donors (Lipinski definition) is 0. The summed E-state index contributed by atoms with van der Waals surface area (Å²) < 4.78 is 28.8. The number of Topliss-reactive ketones (excluding diaryl/α,β-unsaturated/α-hetero) is 1. The van der Waals surface area contributed by atoms with Gasteiger partial charge in [0.1, 0.15) is 28.2 Å². The van der Waals surface area contributed by atoms with E-state index in [4.69, 9.17) is 14.5 Å². The summed E-state index contributed by atoms with van der Waals surface area (Å²) in [5, 5.41) is 2.06. The minimum absolute atomic E-state index is 0.00663. The number of nitrogens with zero attached hydrogens (tertiary/aromatic N) is 3. The third-order valence-corrected chi connectivity index (χ3v) is 12.7. The number of aromatic nitrogens is 2. The minimum Gasteiger partial charge on any atom is -0.490 e. The van der Waals surface area contributed by atoms with Crippen LogP contribution in [0.3, 0.4) is 0 Å². The molecule has 0 amide bonds. The van der Waals surface area contributed by atoms with Crippen molar-refractivity contribution in [3.8, 4) is 11.5 Å². The fourth-order valence-electron chi connectivity index (χ4n) is 7.54. The second-order valence-electron chi connectivity index (χ2n) is 18.6. The number of hydrogen-bond acceptors (Lipinski definition) is 6. The first-order chi connectivity index (χ1) is 25.3. The molecule has 8 heteroatoms. The second-order valence-corrected chi connectivity index (χ2v) is 20.5.